The lowest BCUT2D eigenvalue weighted by atomic mass is 9.99. The first-order valence-corrected chi connectivity index (χ1v) is 6.77. The van der Waals surface area contributed by atoms with Crippen LogP contribution in [0.1, 0.15) is 29.5 Å². The zero-order valence-corrected chi connectivity index (χ0v) is 11.1. The molecule has 1 unspecified atom stereocenters. The van der Waals surface area contributed by atoms with Gasteiger partial charge in [0.1, 0.15) is 6.61 Å². The Morgan fingerprint density at radius 3 is 3.18 bits per heavy atom. The molecule has 5 heteroatoms. The standard InChI is InChI=1S/C12H18N2O2S/c1-9-8-17-12(13-9)10-4-3-5-14(6-10)11(15)7-16-2/h8,10H,3-7H2,1-2H3. The van der Waals surface area contributed by atoms with Crippen molar-refractivity contribution in [3.05, 3.63) is 16.1 Å². The first-order chi connectivity index (χ1) is 8.20. The summed E-state index contributed by atoms with van der Waals surface area (Å²) in [5, 5.41) is 3.24. The number of hydrogen-bond acceptors (Lipinski definition) is 4. The Kier molecular flexibility index (Phi) is 4.12. The number of carbonyl (C=O) groups is 1. The van der Waals surface area contributed by atoms with Crippen LogP contribution in [0.25, 0.3) is 0 Å². The minimum atomic E-state index is 0.0884. The lowest BCUT2D eigenvalue weighted by molar-refractivity contribution is -0.136. The van der Waals surface area contributed by atoms with Crippen LogP contribution in [-0.4, -0.2) is 42.6 Å². The number of aryl methyl sites for hydroxylation is 1. The van der Waals surface area contributed by atoms with Crippen molar-refractivity contribution in [2.24, 2.45) is 0 Å². The summed E-state index contributed by atoms with van der Waals surface area (Å²) in [6, 6.07) is 0. The molecule has 94 valence electrons. The Bertz CT molecular complexity index is 392. The quantitative estimate of drug-likeness (QED) is 0.826. The van der Waals surface area contributed by atoms with E-state index < -0.39 is 0 Å². The Hall–Kier alpha value is -0.940. The Labute approximate surface area is 106 Å². The maximum absolute atomic E-state index is 11.8. The van der Waals surface area contributed by atoms with Crippen LogP contribution in [0, 0.1) is 6.92 Å². The molecule has 1 aromatic rings. The van der Waals surface area contributed by atoms with Crippen molar-refractivity contribution in [2.45, 2.75) is 25.7 Å². The van der Waals surface area contributed by atoms with Crippen molar-refractivity contribution in [1.29, 1.82) is 0 Å². The van der Waals surface area contributed by atoms with Crippen LogP contribution < -0.4 is 0 Å². The minimum absolute atomic E-state index is 0.0884. The van der Waals surface area contributed by atoms with Gasteiger partial charge in [-0.25, -0.2) is 4.98 Å². The minimum Gasteiger partial charge on any atom is -0.375 e. The molecule has 0 radical (unpaired) electrons. The van der Waals surface area contributed by atoms with Gasteiger partial charge in [0.05, 0.1) is 5.01 Å². The molecule has 1 fully saturated rings. The van der Waals surface area contributed by atoms with Gasteiger partial charge in [-0.05, 0) is 19.8 Å². The molecule has 1 aliphatic rings. The van der Waals surface area contributed by atoms with Gasteiger partial charge in [-0.1, -0.05) is 0 Å². The van der Waals surface area contributed by atoms with E-state index in [4.69, 9.17) is 4.74 Å². The average Bonchev–Trinajstić information content (AvgIpc) is 2.76. The fraction of sp³-hybridized carbons (Fsp3) is 0.667. The van der Waals surface area contributed by atoms with E-state index in [1.165, 1.54) is 0 Å². The molecule has 2 rings (SSSR count). The predicted octanol–water partition coefficient (Wildman–Crippen LogP) is 1.80. The molecule has 0 N–H and O–H groups in total. The molecule has 1 atom stereocenters. The highest BCUT2D eigenvalue weighted by Crippen LogP contribution is 2.29. The van der Waals surface area contributed by atoms with Crippen molar-refractivity contribution < 1.29 is 9.53 Å². The number of piperidine rings is 1. The zero-order valence-electron chi connectivity index (χ0n) is 10.3. The van der Waals surface area contributed by atoms with Gasteiger partial charge in [0.25, 0.3) is 0 Å². The number of likely N-dealkylation sites (tertiary alicyclic amines) is 1. The van der Waals surface area contributed by atoms with Gasteiger partial charge < -0.3 is 9.64 Å². The maximum atomic E-state index is 11.8. The summed E-state index contributed by atoms with van der Waals surface area (Å²) in [6.07, 6.45) is 2.18. The lowest BCUT2D eigenvalue weighted by Gasteiger charge is -2.31. The van der Waals surface area contributed by atoms with Crippen LogP contribution in [-0.2, 0) is 9.53 Å². The van der Waals surface area contributed by atoms with E-state index in [1.807, 2.05) is 11.8 Å². The van der Waals surface area contributed by atoms with E-state index >= 15 is 0 Å². The van der Waals surface area contributed by atoms with E-state index in [-0.39, 0.29) is 12.5 Å². The second-order valence-electron chi connectivity index (χ2n) is 4.44. The monoisotopic (exact) mass is 254 g/mol. The van der Waals surface area contributed by atoms with Crippen molar-refractivity contribution in [1.82, 2.24) is 9.88 Å². The van der Waals surface area contributed by atoms with Crippen LogP contribution in [0.2, 0.25) is 0 Å². The molecule has 4 nitrogen and oxygen atoms in total. The fourth-order valence-corrected chi connectivity index (χ4v) is 3.11. The van der Waals surface area contributed by atoms with Gasteiger partial charge in [-0.2, -0.15) is 0 Å². The van der Waals surface area contributed by atoms with E-state index in [0.29, 0.717) is 5.92 Å². The van der Waals surface area contributed by atoms with Crippen LogP contribution in [0.3, 0.4) is 0 Å². The van der Waals surface area contributed by atoms with Gasteiger partial charge in [-0.15, -0.1) is 11.3 Å². The molecule has 2 heterocycles. The molecule has 0 aliphatic carbocycles. The Morgan fingerprint density at radius 1 is 1.71 bits per heavy atom. The normalized spacial score (nSPS) is 20.6. The number of amides is 1. The number of rotatable bonds is 3. The van der Waals surface area contributed by atoms with Crippen molar-refractivity contribution in [3.63, 3.8) is 0 Å². The molecule has 0 bridgehead atoms. The van der Waals surface area contributed by atoms with Gasteiger partial charge in [0.15, 0.2) is 0 Å². The highest BCUT2D eigenvalue weighted by molar-refractivity contribution is 7.09. The SMILES string of the molecule is COCC(=O)N1CCCC(c2nc(C)cs2)C1. The van der Waals surface area contributed by atoms with Crippen LogP contribution in [0.5, 0.6) is 0 Å². The van der Waals surface area contributed by atoms with Crippen molar-refractivity contribution in [2.75, 3.05) is 26.8 Å². The Balaban J connectivity index is 1.99. The van der Waals surface area contributed by atoms with Crippen LogP contribution in [0.4, 0.5) is 0 Å². The summed E-state index contributed by atoms with van der Waals surface area (Å²) < 4.78 is 4.90. The molecule has 1 amide bonds. The van der Waals surface area contributed by atoms with E-state index in [0.717, 1.165) is 36.6 Å². The number of nitrogens with zero attached hydrogens (tertiary/aromatic N) is 2. The zero-order chi connectivity index (χ0) is 12.3. The van der Waals surface area contributed by atoms with E-state index in [2.05, 4.69) is 10.4 Å². The molecule has 1 saturated heterocycles. The smallest absolute Gasteiger partial charge is 0.248 e. The summed E-state index contributed by atoms with van der Waals surface area (Å²) in [5.41, 5.74) is 1.07. The summed E-state index contributed by atoms with van der Waals surface area (Å²) in [5.74, 6) is 0.494. The number of aromatic nitrogens is 1. The summed E-state index contributed by atoms with van der Waals surface area (Å²) >= 11 is 1.70. The van der Waals surface area contributed by atoms with Gasteiger partial charge in [-0.3, -0.25) is 4.79 Å². The summed E-state index contributed by atoms with van der Waals surface area (Å²) in [7, 11) is 1.56. The van der Waals surface area contributed by atoms with Crippen LogP contribution >= 0.6 is 11.3 Å². The van der Waals surface area contributed by atoms with Crippen molar-refractivity contribution in [3.8, 4) is 0 Å². The summed E-state index contributed by atoms with van der Waals surface area (Å²) in [6.45, 7) is 3.83. The molecule has 17 heavy (non-hydrogen) atoms. The molecule has 0 spiro atoms. The highest BCUT2D eigenvalue weighted by Gasteiger charge is 2.26. The third-order valence-electron chi connectivity index (χ3n) is 3.03. The number of ether oxygens (including phenoxy) is 1. The van der Waals surface area contributed by atoms with Crippen molar-refractivity contribution >= 4 is 17.2 Å². The van der Waals surface area contributed by atoms with E-state index in [9.17, 15) is 4.79 Å². The fourth-order valence-electron chi connectivity index (χ4n) is 2.18. The molecular weight excluding hydrogens is 236 g/mol. The largest absolute Gasteiger partial charge is 0.375 e. The molecule has 1 aromatic heterocycles. The topological polar surface area (TPSA) is 42.4 Å². The molecule has 0 aromatic carbocycles. The van der Waals surface area contributed by atoms with Gasteiger partial charge in [0.2, 0.25) is 5.91 Å². The number of methoxy groups -OCH3 is 1. The Morgan fingerprint density at radius 2 is 2.53 bits per heavy atom. The second kappa shape index (κ2) is 5.60. The third kappa shape index (κ3) is 3.04. The third-order valence-corrected chi connectivity index (χ3v) is 4.15. The second-order valence-corrected chi connectivity index (χ2v) is 5.33. The van der Waals surface area contributed by atoms with Crippen LogP contribution in [0.15, 0.2) is 5.38 Å². The van der Waals surface area contributed by atoms with Gasteiger partial charge in [0, 0.05) is 37.2 Å². The summed E-state index contributed by atoms with van der Waals surface area (Å²) in [4.78, 5) is 18.2. The molecular formula is C12H18N2O2S. The number of thiazole rings is 1. The number of hydrogen-bond donors (Lipinski definition) is 0. The molecule has 0 saturated carbocycles. The predicted molar refractivity (Wildman–Crippen MR) is 67.3 cm³/mol. The van der Waals surface area contributed by atoms with Gasteiger partial charge >= 0.3 is 0 Å². The highest BCUT2D eigenvalue weighted by atomic mass is 32.1. The first kappa shape index (κ1) is 12.5. The lowest BCUT2D eigenvalue weighted by Crippen LogP contribution is -2.40. The average molecular weight is 254 g/mol. The number of carbonyl (C=O) groups excluding carboxylic acids is 1. The molecule has 1 aliphatic heterocycles. The maximum Gasteiger partial charge on any atom is 0.248 e. The first-order valence-electron chi connectivity index (χ1n) is 5.89. The van der Waals surface area contributed by atoms with E-state index in [1.54, 1.807) is 18.4 Å².